The highest BCUT2D eigenvalue weighted by atomic mass is 35.5. The fraction of sp³-hybridized carbons (Fsp3) is 0.318. The molecule has 0 aliphatic rings. The maximum Gasteiger partial charge on any atom is 0.305 e. The molecule has 30 heavy (non-hydrogen) atoms. The molecule has 1 amide bonds. The van der Waals surface area contributed by atoms with E-state index in [-0.39, 0.29) is 12.6 Å². The van der Waals surface area contributed by atoms with E-state index in [0.717, 1.165) is 24.0 Å². The molecular weight excluding hydrogens is 427 g/mol. The third-order valence-corrected chi connectivity index (χ3v) is 4.65. The van der Waals surface area contributed by atoms with Crippen LogP contribution in [0, 0.1) is 0 Å². The molecule has 160 valence electrons. The standard InChI is InChI=1S/C22H24Cl2N2O4/c1-3-29-22(28)6-4-5-16-7-9-17(10-8-16)15(2)25-26-21(27)14-30-20-12-11-18(23)13-19(20)24/h7-13H,3-6,14H2,1-2H3,(H,26,27). The number of halogens is 2. The van der Waals surface area contributed by atoms with Crippen LogP contribution in [0.15, 0.2) is 47.6 Å². The molecule has 1 N–H and O–H groups in total. The van der Waals surface area contributed by atoms with Crippen LogP contribution in [0.3, 0.4) is 0 Å². The molecule has 0 saturated carbocycles. The van der Waals surface area contributed by atoms with Crippen LogP contribution in [-0.2, 0) is 20.7 Å². The maximum atomic E-state index is 12.0. The number of carbonyl (C=O) groups is 2. The van der Waals surface area contributed by atoms with E-state index in [9.17, 15) is 9.59 Å². The van der Waals surface area contributed by atoms with Gasteiger partial charge in [-0.05, 0) is 56.0 Å². The van der Waals surface area contributed by atoms with Crippen molar-refractivity contribution >= 4 is 40.8 Å². The van der Waals surface area contributed by atoms with Crippen molar-refractivity contribution in [2.45, 2.75) is 33.1 Å². The van der Waals surface area contributed by atoms with Crippen LogP contribution in [0.1, 0.15) is 37.8 Å². The van der Waals surface area contributed by atoms with Gasteiger partial charge in [-0.1, -0.05) is 47.5 Å². The van der Waals surface area contributed by atoms with E-state index in [0.29, 0.717) is 34.5 Å². The number of ether oxygens (including phenoxy) is 2. The van der Waals surface area contributed by atoms with E-state index in [1.54, 1.807) is 32.0 Å². The third kappa shape index (κ3) is 8.05. The van der Waals surface area contributed by atoms with Gasteiger partial charge >= 0.3 is 5.97 Å². The summed E-state index contributed by atoms with van der Waals surface area (Å²) in [5.74, 6) is -0.207. The van der Waals surface area contributed by atoms with E-state index in [1.165, 1.54) is 0 Å². The van der Waals surface area contributed by atoms with Crippen molar-refractivity contribution in [1.29, 1.82) is 0 Å². The lowest BCUT2D eigenvalue weighted by Gasteiger charge is -2.08. The van der Waals surface area contributed by atoms with Gasteiger partial charge in [0, 0.05) is 11.4 Å². The highest BCUT2D eigenvalue weighted by Gasteiger charge is 2.07. The second kappa shape index (κ2) is 12.2. The summed E-state index contributed by atoms with van der Waals surface area (Å²) < 4.78 is 10.3. The average Bonchev–Trinajstić information content (AvgIpc) is 2.72. The monoisotopic (exact) mass is 450 g/mol. The zero-order valence-electron chi connectivity index (χ0n) is 16.9. The van der Waals surface area contributed by atoms with Gasteiger partial charge in [0.25, 0.3) is 5.91 Å². The first-order chi connectivity index (χ1) is 14.4. The Labute approximate surface area is 186 Å². The smallest absolute Gasteiger partial charge is 0.305 e. The number of hydrogen-bond donors (Lipinski definition) is 1. The molecule has 0 radical (unpaired) electrons. The molecule has 0 aliphatic carbocycles. The minimum Gasteiger partial charge on any atom is -0.482 e. The minimum absolute atomic E-state index is 0.171. The fourth-order valence-corrected chi connectivity index (χ4v) is 3.02. The molecule has 0 fully saturated rings. The SMILES string of the molecule is CCOC(=O)CCCc1ccc(C(C)=NNC(=O)COc2ccc(Cl)cc2Cl)cc1. The normalized spacial score (nSPS) is 11.1. The Morgan fingerprint density at radius 2 is 1.83 bits per heavy atom. The first-order valence-electron chi connectivity index (χ1n) is 9.55. The van der Waals surface area contributed by atoms with Crippen molar-refractivity contribution in [3.05, 3.63) is 63.6 Å². The minimum atomic E-state index is -0.407. The van der Waals surface area contributed by atoms with Gasteiger partial charge in [0.1, 0.15) is 5.75 Å². The van der Waals surface area contributed by atoms with Gasteiger partial charge in [0.05, 0.1) is 17.3 Å². The molecular formula is C22H24Cl2N2O4. The molecule has 2 aromatic carbocycles. The summed E-state index contributed by atoms with van der Waals surface area (Å²) in [7, 11) is 0. The topological polar surface area (TPSA) is 77.0 Å². The van der Waals surface area contributed by atoms with Crippen LogP contribution >= 0.6 is 23.2 Å². The van der Waals surface area contributed by atoms with Crippen molar-refractivity contribution in [2.24, 2.45) is 5.10 Å². The Morgan fingerprint density at radius 3 is 2.50 bits per heavy atom. The van der Waals surface area contributed by atoms with E-state index in [2.05, 4.69) is 10.5 Å². The van der Waals surface area contributed by atoms with Crippen LogP contribution < -0.4 is 10.2 Å². The number of amides is 1. The first-order valence-corrected chi connectivity index (χ1v) is 10.3. The number of nitrogens with zero attached hydrogens (tertiary/aromatic N) is 1. The molecule has 0 saturated heterocycles. The number of nitrogens with one attached hydrogen (secondary N) is 1. The lowest BCUT2D eigenvalue weighted by atomic mass is 10.0. The third-order valence-electron chi connectivity index (χ3n) is 4.12. The summed E-state index contributed by atoms with van der Waals surface area (Å²) in [6.45, 7) is 3.78. The lowest BCUT2D eigenvalue weighted by Crippen LogP contribution is -2.25. The van der Waals surface area contributed by atoms with Gasteiger partial charge in [0.2, 0.25) is 0 Å². The fourth-order valence-electron chi connectivity index (χ4n) is 2.56. The number of benzene rings is 2. The second-order valence-electron chi connectivity index (χ2n) is 6.45. The van der Waals surface area contributed by atoms with E-state index >= 15 is 0 Å². The summed E-state index contributed by atoms with van der Waals surface area (Å²) in [5, 5.41) is 4.92. The highest BCUT2D eigenvalue weighted by Crippen LogP contribution is 2.27. The summed E-state index contributed by atoms with van der Waals surface area (Å²) in [4.78, 5) is 23.3. The van der Waals surface area contributed by atoms with Gasteiger partial charge in [0.15, 0.2) is 6.61 Å². The van der Waals surface area contributed by atoms with Crippen LogP contribution in [-0.4, -0.2) is 30.8 Å². The van der Waals surface area contributed by atoms with Gasteiger partial charge in [-0.2, -0.15) is 5.10 Å². The summed E-state index contributed by atoms with van der Waals surface area (Å²) >= 11 is 11.8. The number of aryl methyl sites for hydroxylation is 1. The molecule has 2 rings (SSSR count). The molecule has 0 bridgehead atoms. The molecule has 0 spiro atoms. The number of hydrogen-bond acceptors (Lipinski definition) is 5. The van der Waals surface area contributed by atoms with Crippen LogP contribution in [0.25, 0.3) is 0 Å². The Morgan fingerprint density at radius 1 is 1.10 bits per heavy atom. The summed E-state index contributed by atoms with van der Waals surface area (Å²) in [5.41, 5.74) is 5.12. The van der Waals surface area contributed by atoms with Gasteiger partial charge in [-0.15, -0.1) is 0 Å². The van der Waals surface area contributed by atoms with Crippen molar-refractivity contribution in [2.75, 3.05) is 13.2 Å². The molecule has 2 aromatic rings. The Balaban J connectivity index is 1.80. The number of esters is 1. The van der Waals surface area contributed by atoms with Gasteiger partial charge in [-0.3, -0.25) is 9.59 Å². The first kappa shape index (κ1) is 23.7. The van der Waals surface area contributed by atoms with Crippen LogP contribution in [0.5, 0.6) is 5.75 Å². The molecule has 0 atom stereocenters. The van der Waals surface area contributed by atoms with Crippen molar-refractivity contribution in [3.8, 4) is 5.75 Å². The van der Waals surface area contributed by atoms with Gasteiger partial charge < -0.3 is 9.47 Å². The van der Waals surface area contributed by atoms with E-state index in [1.807, 2.05) is 24.3 Å². The predicted molar refractivity (Wildman–Crippen MR) is 118 cm³/mol. The molecule has 6 nitrogen and oxygen atoms in total. The zero-order valence-corrected chi connectivity index (χ0v) is 18.4. The zero-order chi connectivity index (χ0) is 21.9. The second-order valence-corrected chi connectivity index (χ2v) is 7.29. The average molecular weight is 451 g/mol. The Bertz CT molecular complexity index is 899. The molecule has 0 heterocycles. The summed E-state index contributed by atoms with van der Waals surface area (Å²) in [6.07, 6.45) is 1.93. The Hall–Kier alpha value is -2.57. The number of carbonyl (C=O) groups excluding carboxylic acids is 2. The molecule has 8 heteroatoms. The largest absolute Gasteiger partial charge is 0.482 e. The Kier molecular flexibility index (Phi) is 9.64. The molecule has 0 aliphatic heterocycles. The lowest BCUT2D eigenvalue weighted by molar-refractivity contribution is -0.143. The van der Waals surface area contributed by atoms with Crippen molar-refractivity contribution < 1.29 is 19.1 Å². The van der Waals surface area contributed by atoms with Crippen molar-refractivity contribution in [1.82, 2.24) is 5.43 Å². The van der Waals surface area contributed by atoms with Gasteiger partial charge in [-0.25, -0.2) is 5.43 Å². The molecule has 0 aromatic heterocycles. The van der Waals surface area contributed by atoms with E-state index < -0.39 is 5.91 Å². The molecule has 0 unspecified atom stereocenters. The quantitative estimate of drug-likeness (QED) is 0.320. The van der Waals surface area contributed by atoms with Crippen LogP contribution in [0.4, 0.5) is 0 Å². The number of hydrazone groups is 1. The number of rotatable bonds is 10. The highest BCUT2D eigenvalue weighted by molar-refractivity contribution is 6.35. The predicted octanol–water partition coefficient (Wildman–Crippen LogP) is 4.80. The maximum absolute atomic E-state index is 12.0. The summed E-state index contributed by atoms with van der Waals surface area (Å²) in [6, 6.07) is 12.6. The van der Waals surface area contributed by atoms with Crippen molar-refractivity contribution in [3.63, 3.8) is 0 Å². The van der Waals surface area contributed by atoms with E-state index in [4.69, 9.17) is 32.7 Å². The van der Waals surface area contributed by atoms with Crippen LogP contribution in [0.2, 0.25) is 10.0 Å².